The number of alkyl carbamates (subject to hydrolysis) is 1. The zero-order chi connectivity index (χ0) is 23.3. The van der Waals surface area contributed by atoms with E-state index in [1.807, 2.05) is 48.5 Å². The second-order valence-corrected chi connectivity index (χ2v) is 8.12. The first-order valence-electron chi connectivity index (χ1n) is 10.6. The first-order chi connectivity index (χ1) is 15.3. The topological polar surface area (TPSA) is 105 Å². The molecule has 7 heteroatoms. The fourth-order valence-electron chi connectivity index (χ4n) is 3.95. The third-order valence-electron chi connectivity index (χ3n) is 5.59. The molecule has 0 heterocycles. The minimum absolute atomic E-state index is 0.0998. The molecule has 0 radical (unpaired) electrons. The van der Waals surface area contributed by atoms with Gasteiger partial charge in [0.1, 0.15) is 18.7 Å². The lowest BCUT2D eigenvalue weighted by molar-refractivity contribution is -0.143. The number of hydrogen-bond acceptors (Lipinski definition) is 4. The molecular weight excluding hydrogens is 408 g/mol. The molecule has 0 fully saturated rings. The van der Waals surface area contributed by atoms with Crippen molar-refractivity contribution in [3.8, 4) is 11.1 Å². The Morgan fingerprint density at radius 3 is 2.09 bits per heavy atom. The number of carboxylic acid groups (broad SMARTS) is 1. The number of ether oxygens (including phenoxy) is 1. The number of carbonyl (C=O) groups is 3. The van der Waals surface area contributed by atoms with Gasteiger partial charge in [-0.15, -0.1) is 6.58 Å². The van der Waals surface area contributed by atoms with Gasteiger partial charge < -0.3 is 20.5 Å². The number of aliphatic carboxylic acids is 1. The number of nitrogens with one attached hydrogen (secondary N) is 2. The third-order valence-corrected chi connectivity index (χ3v) is 5.59. The molecule has 2 aromatic carbocycles. The third kappa shape index (κ3) is 4.99. The predicted octanol–water partition coefficient (Wildman–Crippen LogP) is 3.70. The molecule has 0 bridgehead atoms. The first kappa shape index (κ1) is 23.1. The molecule has 1 aliphatic carbocycles. The molecule has 2 unspecified atom stereocenters. The highest BCUT2D eigenvalue weighted by atomic mass is 16.5. The molecule has 0 saturated carbocycles. The van der Waals surface area contributed by atoms with Gasteiger partial charge in [-0.1, -0.05) is 68.5 Å². The van der Waals surface area contributed by atoms with Crippen LogP contribution in [0.4, 0.5) is 4.79 Å². The Balaban J connectivity index is 1.66. The average molecular weight is 437 g/mol. The second-order valence-electron chi connectivity index (χ2n) is 8.12. The molecule has 0 spiro atoms. The van der Waals surface area contributed by atoms with Gasteiger partial charge in [-0.2, -0.15) is 0 Å². The maximum atomic E-state index is 12.6. The minimum Gasteiger partial charge on any atom is -0.480 e. The molecule has 168 valence electrons. The molecule has 2 amide bonds. The van der Waals surface area contributed by atoms with E-state index < -0.39 is 30.1 Å². The maximum absolute atomic E-state index is 12.6. The fourth-order valence-corrected chi connectivity index (χ4v) is 3.95. The molecule has 2 aromatic rings. The SMILES string of the molecule is C=CCC(NC(=O)OCC1c2ccccc2-c2ccccc21)C(=O)NC(C(=O)O)C(C)C. The van der Waals surface area contributed by atoms with E-state index in [-0.39, 0.29) is 24.9 Å². The van der Waals surface area contributed by atoms with Gasteiger partial charge in [-0.25, -0.2) is 9.59 Å². The largest absolute Gasteiger partial charge is 0.480 e. The standard InChI is InChI=1S/C25H28N2O5/c1-4-9-21(23(28)27-22(15(2)3)24(29)30)26-25(31)32-14-20-18-12-7-5-10-16(18)17-11-6-8-13-19(17)20/h4-8,10-13,15,20-22H,1,9,14H2,2-3H3,(H,26,31)(H,27,28)(H,29,30). The lowest BCUT2D eigenvalue weighted by Crippen LogP contribution is -2.53. The number of fused-ring (bicyclic) bond motifs is 3. The van der Waals surface area contributed by atoms with Crippen LogP contribution in [0.25, 0.3) is 11.1 Å². The van der Waals surface area contributed by atoms with Crippen molar-refractivity contribution in [2.45, 2.75) is 38.3 Å². The number of benzene rings is 2. The van der Waals surface area contributed by atoms with Crippen molar-refractivity contribution in [3.63, 3.8) is 0 Å². The molecule has 32 heavy (non-hydrogen) atoms. The molecule has 3 rings (SSSR count). The van der Waals surface area contributed by atoms with Gasteiger partial charge in [-0.3, -0.25) is 4.79 Å². The summed E-state index contributed by atoms with van der Waals surface area (Å²) < 4.78 is 5.49. The van der Waals surface area contributed by atoms with Gasteiger partial charge in [0.15, 0.2) is 0 Å². The van der Waals surface area contributed by atoms with Crippen LogP contribution in [0.15, 0.2) is 61.2 Å². The summed E-state index contributed by atoms with van der Waals surface area (Å²) in [4.78, 5) is 36.5. The van der Waals surface area contributed by atoms with E-state index in [1.54, 1.807) is 13.8 Å². The van der Waals surface area contributed by atoms with Crippen molar-refractivity contribution in [3.05, 3.63) is 72.3 Å². The highest BCUT2D eigenvalue weighted by Crippen LogP contribution is 2.44. The van der Waals surface area contributed by atoms with Crippen LogP contribution >= 0.6 is 0 Å². The van der Waals surface area contributed by atoms with Crippen molar-refractivity contribution in [2.24, 2.45) is 5.92 Å². The van der Waals surface area contributed by atoms with Gasteiger partial charge in [0, 0.05) is 5.92 Å². The van der Waals surface area contributed by atoms with Crippen molar-refractivity contribution in [1.29, 1.82) is 0 Å². The van der Waals surface area contributed by atoms with Crippen LogP contribution in [-0.2, 0) is 14.3 Å². The summed E-state index contributed by atoms with van der Waals surface area (Å²) in [6.07, 6.45) is 0.879. The maximum Gasteiger partial charge on any atom is 0.407 e. The first-order valence-corrected chi connectivity index (χ1v) is 10.6. The van der Waals surface area contributed by atoms with E-state index in [4.69, 9.17) is 4.74 Å². The zero-order valence-corrected chi connectivity index (χ0v) is 18.2. The summed E-state index contributed by atoms with van der Waals surface area (Å²) in [5.41, 5.74) is 4.41. The molecule has 2 atom stereocenters. The molecule has 7 nitrogen and oxygen atoms in total. The van der Waals surface area contributed by atoms with Crippen molar-refractivity contribution >= 4 is 18.0 Å². The highest BCUT2D eigenvalue weighted by molar-refractivity contribution is 5.89. The van der Waals surface area contributed by atoms with Crippen LogP contribution in [-0.4, -0.2) is 41.8 Å². The van der Waals surface area contributed by atoms with Crippen molar-refractivity contribution in [2.75, 3.05) is 6.61 Å². The van der Waals surface area contributed by atoms with Crippen molar-refractivity contribution < 1.29 is 24.2 Å². The van der Waals surface area contributed by atoms with Crippen LogP contribution in [0.5, 0.6) is 0 Å². The van der Waals surface area contributed by atoms with Crippen LogP contribution in [0.1, 0.15) is 37.3 Å². The number of carbonyl (C=O) groups excluding carboxylic acids is 2. The molecule has 0 saturated heterocycles. The summed E-state index contributed by atoms with van der Waals surface area (Å²) in [6, 6.07) is 14.0. The van der Waals surface area contributed by atoms with Gasteiger partial charge >= 0.3 is 12.1 Å². The average Bonchev–Trinajstić information content (AvgIpc) is 3.09. The van der Waals surface area contributed by atoms with Crippen molar-refractivity contribution in [1.82, 2.24) is 10.6 Å². The predicted molar refractivity (Wildman–Crippen MR) is 121 cm³/mol. The summed E-state index contributed by atoms with van der Waals surface area (Å²) in [6.45, 7) is 7.12. The number of amides is 2. The summed E-state index contributed by atoms with van der Waals surface area (Å²) in [7, 11) is 0. The van der Waals surface area contributed by atoms with E-state index in [0.717, 1.165) is 22.3 Å². The van der Waals surface area contributed by atoms with Gasteiger partial charge in [-0.05, 0) is 34.6 Å². The zero-order valence-electron chi connectivity index (χ0n) is 18.2. The van der Waals surface area contributed by atoms with Crippen LogP contribution in [0.3, 0.4) is 0 Å². The lowest BCUT2D eigenvalue weighted by Gasteiger charge is -2.23. The second kappa shape index (κ2) is 10.1. The monoisotopic (exact) mass is 436 g/mol. The summed E-state index contributed by atoms with van der Waals surface area (Å²) >= 11 is 0. The molecule has 0 aromatic heterocycles. The lowest BCUT2D eigenvalue weighted by atomic mass is 9.98. The Kier molecular flexibility index (Phi) is 7.30. The Labute approximate surface area is 187 Å². The smallest absolute Gasteiger partial charge is 0.407 e. The fraction of sp³-hybridized carbons (Fsp3) is 0.320. The number of carboxylic acids is 1. The van der Waals surface area contributed by atoms with E-state index >= 15 is 0 Å². The number of hydrogen-bond donors (Lipinski definition) is 3. The van der Waals surface area contributed by atoms with Crippen LogP contribution < -0.4 is 10.6 Å². The normalized spacial score (nSPS) is 14.1. The van der Waals surface area contributed by atoms with E-state index in [9.17, 15) is 19.5 Å². The van der Waals surface area contributed by atoms with E-state index in [2.05, 4.69) is 17.2 Å². The van der Waals surface area contributed by atoms with E-state index in [0.29, 0.717) is 0 Å². The Morgan fingerprint density at radius 1 is 1.03 bits per heavy atom. The summed E-state index contributed by atoms with van der Waals surface area (Å²) in [5, 5.41) is 14.3. The number of rotatable bonds is 9. The van der Waals surface area contributed by atoms with Gasteiger partial charge in [0.05, 0.1) is 0 Å². The van der Waals surface area contributed by atoms with Gasteiger partial charge in [0.25, 0.3) is 0 Å². The van der Waals surface area contributed by atoms with Gasteiger partial charge in [0.2, 0.25) is 5.91 Å². The molecule has 0 aliphatic heterocycles. The van der Waals surface area contributed by atoms with Crippen LogP contribution in [0, 0.1) is 5.92 Å². The Bertz CT molecular complexity index is 971. The van der Waals surface area contributed by atoms with E-state index in [1.165, 1.54) is 6.08 Å². The highest BCUT2D eigenvalue weighted by Gasteiger charge is 2.31. The molecule has 1 aliphatic rings. The summed E-state index contributed by atoms with van der Waals surface area (Å²) in [5.74, 6) is -2.14. The minimum atomic E-state index is -1.13. The molecular formula is C25H28N2O5. The Hall–Kier alpha value is -3.61. The Morgan fingerprint density at radius 2 is 1.59 bits per heavy atom. The van der Waals surface area contributed by atoms with Crippen LogP contribution in [0.2, 0.25) is 0 Å². The molecule has 3 N–H and O–H groups in total. The quantitative estimate of drug-likeness (QED) is 0.520.